The van der Waals surface area contributed by atoms with Crippen molar-refractivity contribution >= 4 is 33.0 Å². The number of amides is 2. The van der Waals surface area contributed by atoms with Gasteiger partial charge in [0.2, 0.25) is 11.8 Å². The van der Waals surface area contributed by atoms with Gasteiger partial charge in [-0.05, 0) is 35.9 Å². The van der Waals surface area contributed by atoms with Gasteiger partial charge in [0.05, 0.1) is 24.1 Å². The molecule has 0 spiro atoms. The molecule has 11 heteroatoms. The van der Waals surface area contributed by atoms with Crippen molar-refractivity contribution in [2.45, 2.75) is 23.7 Å². The minimum absolute atomic E-state index is 0.000445. The summed E-state index contributed by atoms with van der Waals surface area (Å²) in [6.45, 7) is 1.35. The number of hydrogen-bond acceptors (Lipinski definition) is 5. The first kappa shape index (κ1) is 22.2. The van der Waals surface area contributed by atoms with E-state index in [1.54, 1.807) is 24.3 Å². The van der Waals surface area contributed by atoms with Crippen LogP contribution in [0.15, 0.2) is 47.4 Å². The lowest BCUT2D eigenvalue weighted by Gasteiger charge is -2.14. The maximum Gasteiger partial charge on any atom is 0.501 e. The number of carbonyl (C=O) groups is 2. The molecule has 0 saturated carbocycles. The molecule has 2 rings (SSSR count). The molecule has 29 heavy (non-hydrogen) atoms. The van der Waals surface area contributed by atoms with Crippen LogP contribution < -0.4 is 15.4 Å². The van der Waals surface area contributed by atoms with Crippen molar-refractivity contribution in [3.05, 3.63) is 48.0 Å². The van der Waals surface area contributed by atoms with Gasteiger partial charge in [-0.2, -0.15) is 13.2 Å². The molecule has 0 unspecified atom stereocenters. The van der Waals surface area contributed by atoms with E-state index in [1.807, 2.05) is 0 Å². The molecule has 2 amide bonds. The first-order valence-electron chi connectivity index (χ1n) is 8.10. The van der Waals surface area contributed by atoms with E-state index in [2.05, 4.69) is 10.6 Å². The van der Waals surface area contributed by atoms with E-state index < -0.39 is 26.1 Å². The zero-order chi connectivity index (χ0) is 21.8. The van der Waals surface area contributed by atoms with Gasteiger partial charge in [0.15, 0.2) is 0 Å². The second-order valence-electron chi connectivity index (χ2n) is 5.91. The predicted octanol–water partition coefficient (Wildman–Crippen LogP) is 3.13. The van der Waals surface area contributed by atoms with Gasteiger partial charge in [0.1, 0.15) is 5.75 Å². The summed E-state index contributed by atoms with van der Waals surface area (Å²) in [5, 5.41) is 4.92. The Labute approximate surface area is 164 Å². The molecule has 0 aliphatic rings. The number of hydrogen-bond donors (Lipinski definition) is 2. The van der Waals surface area contributed by atoms with Crippen molar-refractivity contribution in [2.24, 2.45) is 0 Å². The van der Waals surface area contributed by atoms with Crippen molar-refractivity contribution in [1.82, 2.24) is 0 Å². The van der Waals surface area contributed by atoms with E-state index in [0.29, 0.717) is 17.3 Å². The summed E-state index contributed by atoms with van der Waals surface area (Å²) in [6.07, 6.45) is -0.139. The molecule has 7 nitrogen and oxygen atoms in total. The maximum absolute atomic E-state index is 12.8. The van der Waals surface area contributed by atoms with E-state index in [0.717, 1.165) is 12.1 Å². The fraction of sp³-hybridized carbons (Fsp3) is 0.222. The minimum atomic E-state index is -5.57. The van der Waals surface area contributed by atoms with Crippen molar-refractivity contribution in [3.63, 3.8) is 0 Å². The Morgan fingerprint density at radius 1 is 1.03 bits per heavy atom. The van der Waals surface area contributed by atoms with E-state index in [9.17, 15) is 31.2 Å². The quantitative estimate of drug-likeness (QED) is 0.733. The fourth-order valence-electron chi connectivity index (χ4n) is 2.37. The van der Waals surface area contributed by atoms with Crippen LogP contribution in [0.4, 0.5) is 24.5 Å². The van der Waals surface area contributed by atoms with Gasteiger partial charge < -0.3 is 15.4 Å². The summed E-state index contributed by atoms with van der Waals surface area (Å²) in [7, 11) is -4.35. The third-order valence-corrected chi connectivity index (χ3v) is 5.18. The number of sulfone groups is 1. The molecule has 0 radical (unpaired) electrons. The Morgan fingerprint density at radius 3 is 2.17 bits per heavy atom. The Hall–Kier alpha value is -3.08. The van der Waals surface area contributed by atoms with Gasteiger partial charge in [0.25, 0.3) is 9.84 Å². The number of rotatable bonds is 6. The third-order valence-electron chi connectivity index (χ3n) is 3.70. The zero-order valence-electron chi connectivity index (χ0n) is 15.3. The van der Waals surface area contributed by atoms with Crippen molar-refractivity contribution in [1.29, 1.82) is 0 Å². The van der Waals surface area contributed by atoms with Gasteiger partial charge in [-0.15, -0.1) is 0 Å². The lowest BCUT2D eigenvalue weighted by Crippen LogP contribution is -2.23. The van der Waals surface area contributed by atoms with Gasteiger partial charge in [-0.3, -0.25) is 9.59 Å². The highest BCUT2D eigenvalue weighted by atomic mass is 32.2. The molecule has 2 N–H and O–H groups in total. The average Bonchev–Trinajstić information content (AvgIpc) is 2.62. The lowest BCUT2D eigenvalue weighted by atomic mass is 10.1. The highest BCUT2D eigenvalue weighted by Crippen LogP contribution is 2.34. The summed E-state index contributed by atoms with van der Waals surface area (Å²) in [5.41, 5.74) is -4.58. The number of methoxy groups -OCH3 is 1. The number of carbonyl (C=O) groups excluding carboxylic acids is 2. The summed E-state index contributed by atoms with van der Waals surface area (Å²) in [5.74, 6) is -0.853. The maximum atomic E-state index is 12.8. The Balaban J connectivity index is 2.21. The van der Waals surface area contributed by atoms with Crippen LogP contribution in [0.5, 0.6) is 5.75 Å². The summed E-state index contributed by atoms with van der Waals surface area (Å²) < 4.78 is 66.4. The largest absolute Gasteiger partial charge is 0.501 e. The molecular weight excluding hydrogens is 413 g/mol. The predicted molar refractivity (Wildman–Crippen MR) is 99.3 cm³/mol. The van der Waals surface area contributed by atoms with Crippen LogP contribution in [0.2, 0.25) is 0 Å². The van der Waals surface area contributed by atoms with Crippen LogP contribution in [-0.2, 0) is 25.8 Å². The van der Waals surface area contributed by atoms with E-state index >= 15 is 0 Å². The number of benzene rings is 2. The summed E-state index contributed by atoms with van der Waals surface area (Å²) in [4.78, 5) is 22.2. The molecule has 0 atom stereocenters. The SMILES string of the molecule is COc1ccc(S(=O)(=O)C(F)(F)F)cc1NC(=O)Cc1ccc(NC(C)=O)cc1. The first-order valence-corrected chi connectivity index (χ1v) is 9.58. The molecule has 0 aliphatic carbocycles. The zero-order valence-corrected chi connectivity index (χ0v) is 16.1. The topological polar surface area (TPSA) is 102 Å². The van der Waals surface area contributed by atoms with Gasteiger partial charge in [-0.1, -0.05) is 12.1 Å². The van der Waals surface area contributed by atoms with Crippen LogP contribution >= 0.6 is 0 Å². The first-order chi connectivity index (χ1) is 13.4. The molecule has 2 aromatic carbocycles. The molecule has 0 bridgehead atoms. The third kappa shape index (κ3) is 5.47. The highest BCUT2D eigenvalue weighted by molar-refractivity contribution is 7.92. The monoisotopic (exact) mass is 430 g/mol. The smallest absolute Gasteiger partial charge is 0.495 e. The van der Waals surface area contributed by atoms with E-state index in [1.165, 1.54) is 14.0 Å². The molecule has 0 fully saturated rings. The standard InChI is InChI=1S/C18H17F3N2O5S/c1-11(24)22-13-5-3-12(4-6-13)9-17(25)23-15-10-14(7-8-16(15)28-2)29(26,27)18(19,20)21/h3-8,10H,9H2,1-2H3,(H,22,24)(H,23,25). The van der Waals surface area contributed by atoms with E-state index in [4.69, 9.17) is 4.74 Å². The lowest BCUT2D eigenvalue weighted by molar-refractivity contribution is -0.116. The van der Waals surface area contributed by atoms with Crippen molar-refractivity contribution in [2.75, 3.05) is 17.7 Å². The van der Waals surface area contributed by atoms with Crippen LogP contribution in [0.25, 0.3) is 0 Å². The number of alkyl halides is 3. The van der Waals surface area contributed by atoms with Crippen LogP contribution in [0.3, 0.4) is 0 Å². The van der Waals surface area contributed by atoms with Gasteiger partial charge >= 0.3 is 5.51 Å². The van der Waals surface area contributed by atoms with Crippen molar-refractivity contribution < 1.29 is 35.9 Å². The molecule has 0 saturated heterocycles. The van der Waals surface area contributed by atoms with Crippen LogP contribution in [0, 0.1) is 0 Å². The number of halogens is 3. The molecule has 156 valence electrons. The van der Waals surface area contributed by atoms with Gasteiger partial charge in [-0.25, -0.2) is 8.42 Å². The number of anilines is 2. The molecule has 0 aromatic heterocycles. The van der Waals surface area contributed by atoms with Crippen LogP contribution in [-0.4, -0.2) is 32.9 Å². The second-order valence-corrected chi connectivity index (χ2v) is 7.86. The summed E-state index contributed by atoms with van der Waals surface area (Å²) >= 11 is 0. The molecular formula is C18H17F3N2O5S. The van der Waals surface area contributed by atoms with Gasteiger partial charge in [0, 0.05) is 12.6 Å². The van der Waals surface area contributed by atoms with Crippen molar-refractivity contribution in [3.8, 4) is 5.75 Å². The Kier molecular flexibility index (Phi) is 6.52. The Morgan fingerprint density at radius 2 is 1.66 bits per heavy atom. The molecule has 0 aliphatic heterocycles. The number of ether oxygens (including phenoxy) is 1. The minimum Gasteiger partial charge on any atom is -0.495 e. The normalized spacial score (nSPS) is 11.6. The summed E-state index contributed by atoms with van der Waals surface area (Å²) in [6, 6.07) is 8.81. The fourth-order valence-corrected chi connectivity index (χ4v) is 3.16. The molecule has 0 heterocycles. The molecule has 2 aromatic rings. The Bertz CT molecular complexity index is 1020. The van der Waals surface area contributed by atoms with E-state index in [-0.39, 0.29) is 23.8 Å². The highest BCUT2D eigenvalue weighted by Gasteiger charge is 2.47. The van der Waals surface area contributed by atoms with Crippen LogP contribution in [0.1, 0.15) is 12.5 Å². The second kappa shape index (κ2) is 8.52. The number of nitrogens with one attached hydrogen (secondary N) is 2. The average molecular weight is 430 g/mol.